The summed E-state index contributed by atoms with van der Waals surface area (Å²) in [7, 11) is 1.27. The number of nitro benzene ring substituents is 1. The third-order valence-electron chi connectivity index (χ3n) is 3.15. The monoisotopic (exact) mass is 298 g/mol. The van der Waals surface area contributed by atoms with Gasteiger partial charge in [-0.1, -0.05) is 0 Å². The van der Waals surface area contributed by atoms with E-state index in [1.807, 2.05) is 0 Å². The Morgan fingerprint density at radius 3 is 2.82 bits per heavy atom. The van der Waals surface area contributed by atoms with Gasteiger partial charge in [-0.25, -0.2) is 9.78 Å². The number of rotatable bonds is 3. The van der Waals surface area contributed by atoms with E-state index in [1.54, 1.807) is 18.2 Å². The van der Waals surface area contributed by atoms with Gasteiger partial charge in [0.05, 0.1) is 12.0 Å². The number of nitro groups is 1. The number of pyridine rings is 1. The van der Waals surface area contributed by atoms with Crippen LogP contribution < -0.4 is 0 Å². The first-order valence-corrected chi connectivity index (χ1v) is 6.31. The van der Waals surface area contributed by atoms with Crippen LogP contribution in [0, 0.1) is 10.1 Å². The first-order valence-electron chi connectivity index (χ1n) is 6.31. The van der Waals surface area contributed by atoms with E-state index in [9.17, 15) is 14.9 Å². The second-order valence-electron chi connectivity index (χ2n) is 4.51. The van der Waals surface area contributed by atoms with Crippen molar-refractivity contribution in [3.05, 3.63) is 58.4 Å². The number of carbonyl (C=O) groups is 1. The van der Waals surface area contributed by atoms with Crippen LogP contribution in [0.5, 0.6) is 0 Å². The summed E-state index contributed by atoms with van der Waals surface area (Å²) in [5.74, 6) is -0.0587. The van der Waals surface area contributed by atoms with E-state index in [2.05, 4.69) is 9.72 Å². The molecule has 110 valence electrons. The average molecular weight is 298 g/mol. The van der Waals surface area contributed by atoms with Gasteiger partial charge in [0.2, 0.25) is 0 Å². The molecule has 0 N–H and O–H groups in total. The number of hydrogen-bond acceptors (Lipinski definition) is 6. The number of ether oxygens (including phenoxy) is 1. The Morgan fingerprint density at radius 2 is 2.09 bits per heavy atom. The molecule has 0 saturated carbocycles. The summed E-state index contributed by atoms with van der Waals surface area (Å²) < 4.78 is 10.3. The molecule has 7 heteroatoms. The fourth-order valence-corrected chi connectivity index (χ4v) is 2.09. The fraction of sp³-hybridized carbons (Fsp3) is 0.0667. The Kier molecular flexibility index (Phi) is 3.30. The number of benzene rings is 1. The molecule has 3 aromatic rings. The molecular formula is C15H10N2O5. The molecule has 0 saturated heterocycles. The molecular weight excluding hydrogens is 288 g/mol. The molecule has 2 aromatic heterocycles. The number of aromatic nitrogens is 1. The number of esters is 1. The Hall–Kier alpha value is -3.22. The van der Waals surface area contributed by atoms with Crippen LogP contribution in [0.1, 0.15) is 10.5 Å². The zero-order valence-corrected chi connectivity index (χ0v) is 11.5. The van der Waals surface area contributed by atoms with Crippen LogP contribution in [0.25, 0.3) is 22.3 Å². The number of furan rings is 1. The van der Waals surface area contributed by atoms with E-state index < -0.39 is 10.9 Å². The molecule has 0 aliphatic rings. The van der Waals surface area contributed by atoms with E-state index in [1.165, 1.54) is 31.5 Å². The number of non-ortho nitro benzene ring substituents is 1. The first-order chi connectivity index (χ1) is 10.6. The minimum absolute atomic E-state index is 0.00942. The third kappa shape index (κ3) is 2.39. The number of methoxy groups -OCH3 is 1. The molecule has 0 spiro atoms. The van der Waals surface area contributed by atoms with Gasteiger partial charge in [-0.3, -0.25) is 10.1 Å². The SMILES string of the molecule is COC(=O)c1cc(-c2cc3cc([N+](=O)[O-])ccc3o2)ccn1. The highest BCUT2D eigenvalue weighted by atomic mass is 16.6. The molecule has 3 rings (SSSR count). The lowest BCUT2D eigenvalue weighted by Crippen LogP contribution is -2.03. The van der Waals surface area contributed by atoms with Crippen LogP contribution >= 0.6 is 0 Å². The van der Waals surface area contributed by atoms with Gasteiger partial charge in [-0.2, -0.15) is 0 Å². The molecule has 2 heterocycles. The third-order valence-corrected chi connectivity index (χ3v) is 3.15. The predicted molar refractivity (Wildman–Crippen MR) is 77.4 cm³/mol. The molecule has 0 aliphatic carbocycles. The summed E-state index contributed by atoms with van der Waals surface area (Å²) in [5, 5.41) is 11.4. The van der Waals surface area contributed by atoms with Gasteiger partial charge >= 0.3 is 5.97 Å². The molecule has 0 fully saturated rings. The molecule has 1 aromatic carbocycles. The van der Waals surface area contributed by atoms with Crippen molar-refractivity contribution in [2.75, 3.05) is 7.11 Å². The van der Waals surface area contributed by atoms with Crippen LogP contribution in [0.4, 0.5) is 5.69 Å². The molecule has 22 heavy (non-hydrogen) atoms. The summed E-state index contributed by atoms with van der Waals surface area (Å²) in [6.07, 6.45) is 1.47. The van der Waals surface area contributed by atoms with Crippen LogP contribution in [-0.4, -0.2) is 23.0 Å². The van der Waals surface area contributed by atoms with E-state index in [4.69, 9.17) is 4.42 Å². The molecule has 0 aliphatic heterocycles. The van der Waals surface area contributed by atoms with Gasteiger partial charge in [0.15, 0.2) is 0 Å². The Bertz CT molecular complexity index is 885. The number of fused-ring (bicyclic) bond motifs is 1. The van der Waals surface area contributed by atoms with E-state index in [-0.39, 0.29) is 11.4 Å². The standard InChI is InChI=1S/C15H10N2O5/c1-21-15(18)12-7-9(4-5-16-12)14-8-10-6-11(17(19)20)2-3-13(10)22-14/h2-8H,1H3. The van der Waals surface area contributed by atoms with Crippen molar-refractivity contribution in [1.29, 1.82) is 0 Å². The maximum absolute atomic E-state index is 11.5. The first kappa shape index (κ1) is 13.7. The summed E-state index contributed by atoms with van der Waals surface area (Å²) >= 11 is 0. The van der Waals surface area contributed by atoms with Crippen LogP contribution in [0.2, 0.25) is 0 Å². The second kappa shape index (κ2) is 5.28. The van der Waals surface area contributed by atoms with Crippen molar-refractivity contribution in [1.82, 2.24) is 4.98 Å². The highest BCUT2D eigenvalue weighted by Gasteiger charge is 2.13. The van der Waals surface area contributed by atoms with Gasteiger partial charge in [0, 0.05) is 29.3 Å². The summed E-state index contributed by atoms with van der Waals surface area (Å²) in [6, 6.07) is 9.25. The van der Waals surface area contributed by atoms with E-state index in [0.29, 0.717) is 22.3 Å². The van der Waals surface area contributed by atoms with E-state index >= 15 is 0 Å². The van der Waals surface area contributed by atoms with Crippen LogP contribution in [-0.2, 0) is 4.74 Å². The molecule has 7 nitrogen and oxygen atoms in total. The second-order valence-corrected chi connectivity index (χ2v) is 4.51. The van der Waals surface area contributed by atoms with Gasteiger partial charge in [-0.15, -0.1) is 0 Å². The van der Waals surface area contributed by atoms with E-state index in [0.717, 1.165) is 0 Å². The summed E-state index contributed by atoms with van der Waals surface area (Å²) in [6.45, 7) is 0. The van der Waals surface area contributed by atoms with Crippen molar-refractivity contribution >= 4 is 22.6 Å². The normalized spacial score (nSPS) is 10.6. The number of carbonyl (C=O) groups excluding carboxylic acids is 1. The predicted octanol–water partition coefficient (Wildman–Crippen LogP) is 3.19. The summed E-state index contributed by atoms with van der Waals surface area (Å²) in [5.41, 5.74) is 1.31. The quantitative estimate of drug-likeness (QED) is 0.418. The highest BCUT2D eigenvalue weighted by molar-refractivity contribution is 5.89. The number of hydrogen-bond donors (Lipinski definition) is 0. The average Bonchev–Trinajstić information content (AvgIpc) is 2.97. The maximum Gasteiger partial charge on any atom is 0.356 e. The van der Waals surface area contributed by atoms with Crippen molar-refractivity contribution in [2.24, 2.45) is 0 Å². The van der Waals surface area contributed by atoms with Crippen molar-refractivity contribution < 1.29 is 18.9 Å². The van der Waals surface area contributed by atoms with Crippen molar-refractivity contribution in [3.63, 3.8) is 0 Å². The zero-order valence-electron chi connectivity index (χ0n) is 11.5. The Balaban J connectivity index is 2.06. The van der Waals surface area contributed by atoms with Crippen molar-refractivity contribution in [3.8, 4) is 11.3 Å². The molecule has 0 atom stereocenters. The topological polar surface area (TPSA) is 95.5 Å². The van der Waals surface area contributed by atoms with Crippen LogP contribution in [0.15, 0.2) is 47.0 Å². The largest absolute Gasteiger partial charge is 0.464 e. The lowest BCUT2D eigenvalue weighted by Gasteiger charge is -2.00. The zero-order chi connectivity index (χ0) is 15.7. The molecule has 0 unspecified atom stereocenters. The molecule has 0 bridgehead atoms. The van der Waals surface area contributed by atoms with Gasteiger partial charge in [0.25, 0.3) is 5.69 Å². The van der Waals surface area contributed by atoms with Crippen molar-refractivity contribution in [2.45, 2.75) is 0 Å². The minimum atomic E-state index is -0.548. The van der Waals surface area contributed by atoms with Gasteiger partial charge in [-0.05, 0) is 24.3 Å². The molecule has 0 radical (unpaired) electrons. The highest BCUT2D eigenvalue weighted by Crippen LogP contribution is 2.30. The van der Waals surface area contributed by atoms with Gasteiger partial charge in [0.1, 0.15) is 17.0 Å². The lowest BCUT2D eigenvalue weighted by molar-refractivity contribution is -0.384. The minimum Gasteiger partial charge on any atom is -0.464 e. The van der Waals surface area contributed by atoms with Gasteiger partial charge < -0.3 is 9.15 Å². The smallest absolute Gasteiger partial charge is 0.356 e. The maximum atomic E-state index is 11.5. The summed E-state index contributed by atoms with van der Waals surface area (Å²) in [4.78, 5) is 25.7. The fourth-order valence-electron chi connectivity index (χ4n) is 2.09. The van der Waals surface area contributed by atoms with Crippen LogP contribution in [0.3, 0.4) is 0 Å². The Morgan fingerprint density at radius 1 is 1.27 bits per heavy atom. The number of nitrogens with zero attached hydrogens (tertiary/aromatic N) is 2. The lowest BCUT2D eigenvalue weighted by atomic mass is 10.1. The molecule has 0 amide bonds. The Labute approximate surface area is 124 Å².